The third kappa shape index (κ3) is 5.78. The van der Waals surface area contributed by atoms with E-state index in [1.54, 1.807) is 13.2 Å². The number of benzene rings is 1. The van der Waals surface area contributed by atoms with Crippen LogP contribution in [0.25, 0.3) is 0 Å². The number of hydrogen-bond donors (Lipinski definition) is 1. The van der Waals surface area contributed by atoms with Gasteiger partial charge in [0.05, 0.1) is 6.61 Å². The molecule has 1 aromatic rings. The van der Waals surface area contributed by atoms with Gasteiger partial charge in [0.1, 0.15) is 5.82 Å². The highest BCUT2D eigenvalue weighted by Crippen LogP contribution is 2.16. The molecule has 0 atom stereocenters. The minimum atomic E-state index is -0.303. The summed E-state index contributed by atoms with van der Waals surface area (Å²) in [6.07, 6.45) is 0. The number of ether oxygens (including phenoxy) is 1. The van der Waals surface area contributed by atoms with E-state index in [-0.39, 0.29) is 5.82 Å². The molecule has 0 aromatic heterocycles. The fourth-order valence-electron chi connectivity index (χ4n) is 1.52. The lowest BCUT2D eigenvalue weighted by atomic mass is 10.2. The Morgan fingerprint density at radius 2 is 2.17 bits per heavy atom. The molecule has 0 heterocycles. The zero-order chi connectivity index (χ0) is 13.4. The number of rotatable bonds is 8. The van der Waals surface area contributed by atoms with Gasteiger partial charge in [-0.3, -0.25) is 0 Å². The van der Waals surface area contributed by atoms with Gasteiger partial charge in [0.25, 0.3) is 0 Å². The van der Waals surface area contributed by atoms with E-state index in [1.165, 1.54) is 12.1 Å². The van der Waals surface area contributed by atoms with Crippen molar-refractivity contribution in [3.05, 3.63) is 34.6 Å². The van der Waals surface area contributed by atoms with Crippen LogP contribution >= 0.6 is 11.6 Å². The van der Waals surface area contributed by atoms with Crippen LogP contribution in [0.15, 0.2) is 18.2 Å². The van der Waals surface area contributed by atoms with Gasteiger partial charge in [0, 0.05) is 38.3 Å². The van der Waals surface area contributed by atoms with Crippen LogP contribution in [0.5, 0.6) is 0 Å². The van der Waals surface area contributed by atoms with Crippen LogP contribution in [0.4, 0.5) is 4.39 Å². The van der Waals surface area contributed by atoms with Crippen LogP contribution in [0.1, 0.15) is 5.56 Å². The average Bonchev–Trinajstić information content (AvgIpc) is 2.34. The molecule has 1 N–H and O–H groups in total. The molecule has 0 unspecified atom stereocenters. The minimum absolute atomic E-state index is 0.303. The third-order valence-electron chi connectivity index (χ3n) is 2.68. The Balaban J connectivity index is 2.21. The maximum atomic E-state index is 12.8. The molecule has 1 rings (SSSR count). The molecule has 0 fully saturated rings. The summed E-state index contributed by atoms with van der Waals surface area (Å²) in [5.41, 5.74) is 0.914. The smallest absolute Gasteiger partial charge is 0.124 e. The Morgan fingerprint density at radius 1 is 1.39 bits per heavy atom. The Morgan fingerprint density at radius 3 is 2.83 bits per heavy atom. The van der Waals surface area contributed by atoms with Gasteiger partial charge in [-0.2, -0.15) is 0 Å². The molecule has 0 aliphatic rings. The van der Waals surface area contributed by atoms with Gasteiger partial charge < -0.3 is 15.0 Å². The number of methoxy groups -OCH3 is 1. The highest BCUT2D eigenvalue weighted by molar-refractivity contribution is 6.31. The molecule has 0 saturated carbocycles. The van der Waals surface area contributed by atoms with Crippen molar-refractivity contribution >= 4 is 11.6 Å². The van der Waals surface area contributed by atoms with Crippen LogP contribution in [-0.2, 0) is 11.3 Å². The van der Waals surface area contributed by atoms with Crippen LogP contribution in [0.3, 0.4) is 0 Å². The summed E-state index contributed by atoms with van der Waals surface area (Å²) >= 11 is 5.93. The lowest BCUT2D eigenvalue weighted by Crippen LogP contribution is -2.31. The number of halogens is 2. The standard InChI is InChI=1S/C13H20ClFN2O/c1-17(7-8-18-2)6-5-16-10-11-3-4-12(15)9-13(11)14/h3-4,9,16H,5-8,10H2,1-2H3. The molecule has 3 nitrogen and oxygen atoms in total. The number of likely N-dealkylation sites (N-methyl/N-ethyl adjacent to an activating group) is 1. The molecule has 0 spiro atoms. The van der Waals surface area contributed by atoms with Gasteiger partial charge in [0.2, 0.25) is 0 Å². The predicted octanol–water partition coefficient (Wildman–Crippen LogP) is 2.15. The van der Waals surface area contributed by atoms with Crippen LogP contribution in [-0.4, -0.2) is 45.3 Å². The first-order valence-corrected chi connectivity index (χ1v) is 6.33. The minimum Gasteiger partial charge on any atom is -0.383 e. The predicted molar refractivity (Wildman–Crippen MR) is 72.5 cm³/mol. The molecule has 1 aromatic carbocycles. The summed E-state index contributed by atoms with van der Waals surface area (Å²) in [7, 11) is 3.74. The molecular weight excluding hydrogens is 255 g/mol. The van der Waals surface area contributed by atoms with Crippen molar-refractivity contribution in [2.75, 3.05) is 40.4 Å². The van der Waals surface area contributed by atoms with Crippen molar-refractivity contribution in [1.82, 2.24) is 10.2 Å². The molecule has 0 radical (unpaired) electrons. The van der Waals surface area contributed by atoms with Gasteiger partial charge in [0.15, 0.2) is 0 Å². The summed E-state index contributed by atoms with van der Waals surface area (Å²) in [6, 6.07) is 4.47. The zero-order valence-corrected chi connectivity index (χ0v) is 11.6. The van der Waals surface area contributed by atoms with Crippen molar-refractivity contribution < 1.29 is 9.13 Å². The second kappa shape index (κ2) is 8.43. The number of nitrogens with zero attached hydrogens (tertiary/aromatic N) is 1. The first-order chi connectivity index (χ1) is 8.63. The van der Waals surface area contributed by atoms with Crippen molar-refractivity contribution in [2.45, 2.75) is 6.54 Å². The van der Waals surface area contributed by atoms with E-state index in [9.17, 15) is 4.39 Å². The first-order valence-electron chi connectivity index (χ1n) is 5.95. The van der Waals surface area contributed by atoms with Crippen LogP contribution in [0.2, 0.25) is 5.02 Å². The van der Waals surface area contributed by atoms with Crippen molar-refractivity contribution in [1.29, 1.82) is 0 Å². The molecule has 102 valence electrons. The van der Waals surface area contributed by atoms with Gasteiger partial charge >= 0.3 is 0 Å². The lowest BCUT2D eigenvalue weighted by Gasteiger charge is -2.16. The second-order valence-corrected chi connectivity index (χ2v) is 4.62. The van der Waals surface area contributed by atoms with E-state index in [4.69, 9.17) is 16.3 Å². The monoisotopic (exact) mass is 274 g/mol. The topological polar surface area (TPSA) is 24.5 Å². The molecule has 0 aliphatic heterocycles. The highest BCUT2D eigenvalue weighted by atomic mass is 35.5. The Hall–Kier alpha value is -0.680. The van der Waals surface area contributed by atoms with Crippen LogP contribution in [0, 0.1) is 5.82 Å². The number of nitrogens with one attached hydrogen (secondary N) is 1. The molecule has 0 bridgehead atoms. The normalized spacial score (nSPS) is 11.2. The van der Waals surface area contributed by atoms with Crippen molar-refractivity contribution in [3.63, 3.8) is 0 Å². The van der Waals surface area contributed by atoms with Crippen LogP contribution < -0.4 is 5.32 Å². The third-order valence-corrected chi connectivity index (χ3v) is 3.03. The SMILES string of the molecule is COCCN(C)CCNCc1ccc(F)cc1Cl. The quantitative estimate of drug-likeness (QED) is 0.735. The fraction of sp³-hybridized carbons (Fsp3) is 0.538. The van der Waals surface area contributed by atoms with E-state index in [1.807, 2.05) is 7.05 Å². The van der Waals surface area contributed by atoms with Crippen molar-refractivity contribution in [3.8, 4) is 0 Å². The van der Waals surface area contributed by atoms with Crippen molar-refractivity contribution in [2.24, 2.45) is 0 Å². The highest BCUT2D eigenvalue weighted by Gasteiger charge is 2.02. The molecule has 0 amide bonds. The maximum absolute atomic E-state index is 12.8. The maximum Gasteiger partial charge on any atom is 0.124 e. The molecular formula is C13H20ClFN2O. The Labute approximate surface area is 113 Å². The summed E-state index contributed by atoms with van der Waals surface area (Å²) in [5.74, 6) is -0.303. The van der Waals surface area contributed by atoms with Gasteiger partial charge in [-0.25, -0.2) is 4.39 Å². The Kier molecular flexibility index (Phi) is 7.20. The van der Waals surface area contributed by atoms with Gasteiger partial charge in [-0.15, -0.1) is 0 Å². The van der Waals surface area contributed by atoms with E-state index in [2.05, 4.69) is 10.2 Å². The average molecular weight is 275 g/mol. The van der Waals surface area contributed by atoms with E-state index in [0.29, 0.717) is 11.6 Å². The molecule has 0 aliphatic carbocycles. The molecule has 5 heteroatoms. The number of hydrogen-bond acceptors (Lipinski definition) is 3. The lowest BCUT2D eigenvalue weighted by molar-refractivity contribution is 0.161. The summed E-state index contributed by atoms with van der Waals surface area (Å²) in [5, 5.41) is 3.75. The second-order valence-electron chi connectivity index (χ2n) is 4.21. The Bertz CT molecular complexity index is 363. The molecule has 0 saturated heterocycles. The van der Waals surface area contributed by atoms with Gasteiger partial charge in [-0.1, -0.05) is 17.7 Å². The summed E-state index contributed by atoms with van der Waals surface area (Å²) in [4.78, 5) is 2.18. The fourth-order valence-corrected chi connectivity index (χ4v) is 1.75. The summed E-state index contributed by atoms with van der Waals surface area (Å²) < 4.78 is 17.8. The van der Waals surface area contributed by atoms with Gasteiger partial charge in [-0.05, 0) is 24.7 Å². The summed E-state index contributed by atoms with van der Waals surface area (Å²) in [6.45, 7) is 4.09. The largest absolute Gasteiger partial charge is 0.383 e. The zero-order valence-electron chi connectivity index (χ0n) is 10.9. The van der Waals surface area contributed by atoms with E-state index < -0.39 is 0 Å². The van der Waals surface area contributed by atoms with E-state index >= 15 is 0 Å². The first kappa shape index (κ1) is 15.4. The molecule has 18 heavy (non-hydrogen) atoms. The van der Waals surface area contributed by atoms with E-state index in [0.717, 1.165) is 31.8 Å².